The van der Waals surface area contributed by atoms with Gasteiger partial charge in [-0.1, -0.05) is 17.7 Å². The third-order valence-corrected chi connectivity index (χ3v) is 3.52. The van der Waals surface area contributed by atoms with Crippen LogP contribution in [0.15, 0.2) is 24.4 Å². The first kappa shape index (κ1) is 12.2. The molecule has 3 heterocycles. The minimum Gasteiger partial charge on any atom is -0.454 e. The fraction of sp³-hybridized carbons (Fsp3) is 0.154. The summed E-state index contributed by atoms with van der Waals surface area (Å²) < 4.78 is 12.4. The highest BCUT2D eigenvalue weighted by Crippen LogP contribution is 2.33. The maximum absolute atomic E-state index is 6.03. The Morgan fingerprint density at radius 2 is 2.10 bits per heavy atom. The van der Waals surface area contributed by atoms with E-state index in [1.807, 2.05) is 18.2 Å². The number of hydrogen-bond donors (Lipinski definition) is 1. The molecular formula is C13H10ClN5O2. The van der Waals surface area contributed by atoms with Gasteiger partial charge in [0.15, 0.2) is 17.1 Å². The van der Waals surface area contributed by atoms with Gasteiger partial charge >= 0.3 is 0 Å². The highest BCUT2D eigenvalue weighted by molar-refractivity contribution is 6.34. The van der Waals surface area contributed by atoms with E-state index in [1.54, 1.807) is 10.9 Å². The van der Waals surface area contributed by atoms with Crippen LogP contribution in [0.1, 0.15) is 5.56 Å². The quantitative estimate of drug-likeness (QED) is 0.727. The summed E-state index contributed by atoms with van der Waals surface area (Å²) in [6, 6.07) is 5.74. The molecule has 0 spiro atoms. The van der Waals surface area contributed by atoms with Crippen molar-refractivity contribution < 1.29 is 9.47 Å². The van der Waals surface area contributed by atoms with Crippen LogP contribution >= 0.6 is 11.6 Å². The molecule has 4 rings (SSSR count). The van der Waals surface area contributed by atoms with Crippen molar-refractivity contribution in [2.24, 2.45) is 0 Å². The van der Waals surface area contributed by atoms with Gasteiger partial charge in [-0.05, 0) is 17.7 Å². The van der Waals surface area contributed by atoms with Gasteiger partial charge in [0.05, 0.1) is 18.1 Å². The minimum atomic E-state index is 0.125. The summed E-state index contributed by atoms with van der Waals surface area (Å²) in [7, 11) is 0. The molecular weight excluding hydrogens is 294 g/mol. The molecule has 0 unspecified atom stereocenters. The SMILES string of the molecule is Nc1nc(Cl)c2cnn(Cc3ccc4c(c3)OCO4)c2n1. The van der Waals surface area contributed by atoms with Crippen LogP contribution in [-0.4, -0.2) is 26.5 Å². The predicted octanol–water partition coefficient (Wildman–Crippen LogP) is 1.84. The van der Waals surface area contributed by atoms with E-state index in [4.69, 9.17) is 26.8 Å². The molecule has 1 aliphatic heterocycles. The van der Waals surface area contributed by atoms with Crippen LogP contribution in [0.5, 0.6) is 11.5 Å². The van der Waals surface area contributed by atoms with Crippen molar-refractivity contribution in [3.05, 3.63) is 35.1 Å². The summed E-state index contributed by atoms with van der Waals surface area (Å²) in [4.78, 5) is 8.10. The lowest BCUT2D eigenvalue weighted by Gasteiger charge is -2.05. The molecule has 0 atom stereocenters. The monoisotopic (exact) mass is 303 g/mol. The lowest BCUT2D eigenvalue weighted by molar-refractivity contribution is 0.174. The zero-order valence-electron chi connectivity index (χ0n) is 10.8. The molecule has 0 aliphatic carbocycles. The van der Waals surface area contributed by atoms with Gasteiger partial charge in [-0.15, -0.1) is 0 Å². The zero-order chi connectivity index (χ0) is 14.4. The molecule has 106 valence electrons. The van der Waals surface area contributed by atoms with Crippen LogP contribution in [0.4, 0.5) is 5.95 Å². The van der Waals surface area contributed by atoms with Crippen molar-refractivity contribution in [1.29, 1.82) is 0 Å². The molecule has 0 amide bonds. The molecule has 21 heavy (non-hydrogen) atoms. The van der Waals surface area contributed by atoms with Gasteiger partial charge < -0.3 is 15.2 Å². The average Bonchev–Trinajstić information content (AvgIpc) is 3.06. The molecule has 8 heteroatoms. The molecule has 1 aliphatic rings. The van der Waals surface area contributed by atoms with Crippen molar-refractivity contribution in [2.75, 3.05) is 12.5 Å². The number of nitrogens with two attached hydrogens (primary N) is 1. The van der Waals surface area contributed by atoms with E-state index in [0.717, 1.165) is 17.1 Å². The Kier molecular flexibility index (Phi) is 2.61. The summed E-state index contributed by atoms with van der Waals surface area (Å²) >= 11 is 6.03. The van der Waals surface area contributed by atoms with Crippen molar-refractivity contribution in [3.63, 3.8) is 0 Å². The fourth-order valence-corrected chi connectivity index (χ4v) is 2.48. The first-order chi connectivity index (χ1) is 10.2. The molecule has 0 bridgehead atoms. The van der Waals surface area contributed by atoms with Gasteiger partial charge in [0.1, 0.15) is 5.15 Å². The van der Waals surface area contributed by atoms with Crippen molar-refractivity contribution in [2.45, 2.75) is 6.54 Å². The lowest BCUT2D eigenvalue weighted by Crippen LogP contribution is -2.04. The first-order valence-electron chi connectivity index (χ1n) is 6.24. The van der Waals surface area contributed by atoms with E-state index >= 15 is 0 Å². The number of aromatic nitrogens is 4. The normalized spacial score (nSPS) is 13.0. The van der Waals surface area contributed by atoms with Crippen LogP contribution in [0, 0.1) is 0 Å². The molecule has 0 saturated heterocycles. The van der Waals surface area contributed by atoms with Crippen LogP contribution in [0.3, 0.4) is 0 Å². The van der Waals surface area contributed by atoms with Crippen LogP contribution < -0.4 is 15.2 Å². The Labute approximate surface area is 124 Å². The third kappa shape index (κ3) is 2.02. The van der Waals surface area contributed by atoms with E-state index in [-0.39, 0.29) is 12.7 Å². The predicted molar refractivity (Wildman–Crippen MR) is 76.4 cm³/mol. The van der Waals surface area contributed by atoms with E-state index in [2.05, 4.69) is 15.1 Å². The Hall–Kier alpha value is -2.54. The number of halogens is 1. The second kappa shape index (κ2) is 4.49. The largest absolute Gasteiger partial charge is 0.454 e. The number of nitrogens with zero attached hydrogens (tertiary/aromatic N) is 4. The Bertz CT molecular complexity index is 848. The third-order valence-electron chi connectivity index (χ3n) is 3.24. The van der Waals surface area contributed by atoms with E-state index in [0.29, 0.717) is 22.7 Å². The molecule has 2 aromatic heterocycles. The summed E-state index contributed by atoms with van der Waals surface area (Å²) in [5.41, 5.74) is 7.25. The highest BCUT2D eigenvalue weighted by atomic mass is 35.5. The first-order valence-corrected chi connectivity index (χ1v) is 6.61. The maximum atomic E-state index is 6.03. The Morgan fingerprint density at radius 3 is 3.00 bits per heavy atom. The molecule has 2 N–H and O–H groups in total. The van der Waals surface area contributed by atoms with Crippen LogP contribution in [-0.2, 0) is 6.54 Å². The van der Waals surface area contributed by atoms with Gasteiger partial charge in [0, 0.05) is 0 Å². The molecule has 3 aromatic rings. The highest BCUT2D eigenvalue weighted by Gasteiger charge is 2.15. The summed E-state index contributed by atoms with van der Waals surface area (Å²) in [6.07, 6.45) is 1.63. The smallest absolute Gasteiger partial charge is 0.231 e. The van der Waals surface area contributed by atoms with E-state index in [1.165, 1.54) is 0 Å². The Balaban J connectivity index is 1.74. The number of hydrogen-bond acceptors (Lipinski definition) is 6. The second-order valence-corrected chi connectivity index (χ2v) is 4.96. The number of ether oxygens (including phenoxy) is 2. The van der Waals surface area contributed by atoms with Crippen molar-refractivity contribution in [1.82, 2.24) is 19.7 Å². The Morgan fingerprint density at radius 1 is 1.24 bits per heavy atom. The van der Waals surface area contributed by atoms with E-state index < -0.39 is 0 Å². The van der Waals surface area contributed by atoms with Gasteiger partial charge in [-0.3, -0.25) is 0 Å². The summed E-state index contributed by atoms with van der Waals surface area (Å²) in [5.74, 6) is 1.61. The minimum absolute atomic E-state index is 0.125. The number of fused-ring (bicyclic) bond motifs is 2. The standard InChI is InChI=1S/C13H10ClN5O2/c14-11-8-4-16-19(12(8)18-13(15)17-11)5-7-1-2-9-10(3-7)21-6-20-9/h1-4H,5-6H2,(H2,15,17,18). The van der Waals surface area contributed by atoms with Crippen LogP contribution in [0.25, 0.3) is 11.0 Å². The number of anilines is 1. The molecule has 1 aromatic carbocycles. The summed E-state index contributed by atoms with van der Waals surface area (Å²) in [5, 5.41) is 5.26. The summed E-state index contributed by atoms with van der Waals surface area (Å²) in [6.45, 7) is 0.774. The molecule has 0 fully saturated rings. The van der Waals surface area contributed by atoms with Gasteiger partial charge in [-0.2, -0.15) is 10.1 Å². The second-order valence-electron chi connectivity index (χ2n) is 4.60. The van der Waals surface area contributed by atoms with Crippen LogP contribution in [0.2, 0.25) is 5.15 Å². The maximum Gasteiger partial charge on any atom is 0.231 e. The fourth-order valence-electron chi connectivity index (χ4n) is 2.26. The van der Waals surface area contributed by atoms with Crippen molar-refractivity contribution >= 4 is 28.6 Å². The van der Waals surface area contributed by atoms with E-state index in [9.17, 15) is 0 Å². The number of nitrogen functional groups attached to an aromatic ring is 1. The van der Waals surface area contributed by atoms with Gasteiger partial charge in [-0.25, -0.2) is 9.67 Å². The topological polar surface area (TPSA) is 88.1 Å². The molecule has 0 saturated carbocycles. The zero-order valence-corrected chi connectivity index (χ0v) is 11.5. The van der Waals surface area contributed by atoms with Gasteiger partial charge in [0.2, 0.25) is 12.7 Å². The molecule has 7 nitrogen and oxygen atoms in total. The molecule has 0 radical (unpaired) electrons. The average molecular weight is 304 g/mol. The number of rotatable bonds is 2. The van der Waals surface area contributed by atoms with Crippen molar-refractivity contribution in [3.8, 4) is 11.5 Å². The lowest BCUT2D eigenvalue weighted by atomic mass is 10.2. The van der Waals surface area contributed by atoms with Gasteiger partial charge in [0.25, 0.3) is 0 Å². The number of benzene rings is 1.